The molecule has 4 N–H and O–H groups in total. The van der Waals surface area contributed by atoms with Crippen molar-refractivity contribution in [2.75, 3.05) is 39.6 Å². The van der Waals surface area contributed by atoms with E-state index >= 15 is 0 Å². The Morgan fingerprint density at radius 1 is 0.724 bits per heavy atom. The summed E-state index contributed by atoms with van der Waals surface area (Å²) in [5.74, 6) is 0. The van der Waals surface area contributed by atoms with Crippen molar-refractivity contribution >= 4 is 0 Å². The summed E-state index contributed by atoms with van der Waals surface area (Å²) in [7, 11) is 0. The molecule has 0 aliphatic heterocycles. The summed E-state index contributed by atoms with van der Waals surface area (Å²) in [6.45, 7) is 20.0. The van der Waals surface area contributed by atoms with Gasteiger partial charge < -0.3 is 30.4 Å². The standard InChI is InChI=1S/C21H46N2O4.C2H6/c1-7-9-10-21(8-2,15-24-13-19(5)26-11-17(3)22)16-25-14-20(6)27-12-18(4)23;1-2/h17-20H,7-16,22-23H2,1-6H3;1-2H3. The van der Waals surface area contributed by atoms with Crippen LogP contribution in [0.25, 0.3) is 0 Å². The Labute approximate surface area is 181 Å². The van der Waals surface area contributed by atoms with Crippen molar-refractivity contribution in [3.05, 3.63) is 0 Å². The van der Waals surface area contributed by atoms with E-state index in [4.69, 9.17) is 30.4 Å². The van der Waals surface area contributed by atoms with Gasteiger partial charge in [-0.1, -0.05) is 40.5 Å². The molecule has 4 unspecified atom stereocenters. The smallest absolute Gasteiger partial charge is 0.0781 e. The van der Waals surface area contributed by atoms with Crippen molar-refractivity contribution in [3.63, 3.8) is 0 Å². The van der Waals surface area contributed by atoms with Gasteiger partial charge in [0.05, 0.1) is 51.8 Å². The molecule has 178 valence electrons. The van der Waals surface area contributed by atoms with Crippen molar-refractivity contribution in [2.45, 2.75) is 105 Å². The van der Waals surface area contributed by atoms with Gasteiger partial charge >= 0.3 is 0 Å². The molecule has 0 fully saturated rings. The Kier molecular flexibility index (Phi) is 21.0. The normalized spacial score (nSPS) is 17.6. The molecule has 4 atom stereocenters. The minimum absolute atomic E-state index is 0.0395. The summed E-state index contributed by atoms with van der Waals surface area (Å²) in [6, 6.07) is 0.0956. The van der Waals surface area contributed by atoms with E-state index in [0.717, 1.165) is 12.8 Å². The van der Waals surface area contributed by atoms with Crippen LogP contribution in [0, 0.1) is 5.41 Å². The Morgan fingerprint density at radius 2 is 1.14 bits per heavy atom. The average molecular weight is 421 g/mol. The van der Waals surface area contributed by atoms with Crippen LogP contribution in [-0.2, 0) is 18.9 Å². The first kappa shape index (κ1) is 30.9. The molecule has 0 aliphatic carbocycles. The Balaban J connectivity index is 0. The third-order valence-electron chi connectivity index (χ3n) is 4.62. The van der Waals surface area contributed by atoms with E-state index in [1.807, 2.05) is 41.5 Å². The van der Waals surface area contributed by atoms with E-state index in [1.165, 1.54) is 12.8 Å². The number of unbranched alkanes of at least 4 members (excludes halogenated alkanes) is 1. The molecular formula is C23H52N2O4. The van der Waals surface area contributed by atoms with E-state index in [2.05, 4.69) is 13.8 Å². The lowest BCUT2D eigenvalue weighted by Gasteiger charge is -2.33. The van der Waals surface area contributed by atoms with Crippen molar-refractivity contribution in [1.29, 1.82) is 0 Å². The van der Waals surface area contributed by atoms with Crippen LogP contribution < -0.4 is 11.5 Å². The largest absolute Gasteiger partial charge is 0.378 e. The van der Waals surface area contributed by atoms with E-state index in [0.29, 0.717) is 39.6 Å². The van der Waals surface area contributed by atoms with Crippen molar-refractivity contribution in [3.8, 4) is 0 Å². The first-order valence-electron chi connectivity index (χ1n) is 11.6. The molecule has 0 radical (unpaired) electrons. The fraction of sp³-hybridized carbons (Fsp3) is 1.00. The maximum atomic E-state index is 6.02. The van der Waals surface area contributed by atoms with Crippen LogP contribution in [0.2, 0.25) is 0 Å². The monoisotopic (exact) mass is 420 g/mol. The first-order valence-corrected chi connectivity index (χ1v) is 11.6. The summed E-state index contributed by atoms with van der Waals surface area (Å²) < 4.78 is 23.4. The first-order chi connectivity index (χ1) is 13.7. The molecular weight excluding hydrogens is 368 g/mol. The summed E-state index contributed by atoms with van der Waals surface area (Å²) >= 11 is 0. The van der Waals surface area contributed by atoms with Gasteiger partial charge in [-0.05, 0) is 40.5 Å². The van der Waals surface area contributed by atoms with E-state index < -0.39 is 0 Å². The van der Waals surface area contributed by atoms with Crippen LogP contribution in [0.1, 0.15) is 81.1 Å². The molecule has 0 aromatic rings. The van der Waals surface area contributed by atoms with Crippen LogP contribution in [0.3, 0.4) is 0 Å². The number of hydrogen-bond acceptors (Lipinski definition) is 6. The quantitative estimate of drug-likeness (QED) is 0.346. The summed E-state index contributed by atoms with van der Waals surface area (Å²) in [5.41, 5.74) is 11.5. The van der Waals surface area contributed by atoms with Gasteiger partial charge in [-0.15, -0.1) is 0 Å². The highest BCUT2D eigenvalue weighted by atomic mass is 16.5. The van der Waals surface area contributed by atoms with Gasteiger partial charge in [0.1, 0.15) is 0 Å². The third kappa shape index (κ3) is 18.3. The van der Waals surface area contributed by atoms with Crippen LogP contribution in [0.4, 0.5) is 0 Å². The van der Waals surface area contributed by atoms with Gasteiger partial charge in [0.15, 0.2) is 0 Å². The van der Waals surface area contributed by atoms with Gasteiger partial charge in [0.25, 0.3) is 0 Å². The van der Waals surface area contributed by atoms with Crippen molar-refractivity contribution < 1.29 is 18.9 Å². The molecule has 29 heavy (non-hydrogen) atoms. The number of ether oxygens (including phenoxy) is 4. The van der Waals surface area contributed by atoms with Gasteiger partial charge in [-0.3, -0.25) is 0 Å². The molecule has 0 rings (SSSR count). The molecule has 6 nitrogen and oxygen atoms in total. The number of rotatable bonds is 18. The van der Waals surface area contributed by atoms with Crippen LogP contribution in [0.15, 0.2) is 0 Å². The number of nitrogens with two attached hydrogens (primary N) is 2. The minimum Gasteiger partial charge on any atom is -0.378 e. The molecule has 0 saturated heterocycles. The summed E-state index contributed by atoms with van der Waals surface area (Å²) in [6.07, 6.45) is 4.56. The highest BCUT2D eigenvalue weighted by Crippen LogP contribution is 2.30. The molecule has 0 bridgehead atoms. The Morgan fingerprint density at radius 3 is 1.45 bits per heavy atom. The average Bonchev–Trinajstić information content (AvgIpc) is 2.70. The third-order valence-corrected chi connectivity index (χ3v) is 4.62. The molecule has 0 heterocycles. The van der Waals surface area contributed by atoms with Crippen molar-refractivity contribution in [2.24, 2.45) is 16.9 Å². The zero-order chi connectivity index (χ0) is 22.7. The highest BCUT2D eigenvalue weighted by Gasteiger charge is 2.29. The fourth-order valence-electron chi connectivity index (χ4n) is 2.73. The maximum absolute atomic E-state index is 6.02. The molecule has 0 saturated carbocycles. The lowest BCUT2D eigenvalue weighted by molar-refractivity contribution is -0.0789. The van der Waals surface area contributed by atoms with E-state index in [-0.39, 0.29) is 29.7 Å². The van der Waals surface area contributed by atoms with E-state index in [9.17, 15) is 0 Å². The molecule has 0 aromatic heterocycles. The van der Waals surface area contributed by atoms with E-state index in [1.54, 1.807) is 0 Å². The fourth-order valence-corrected chi connectivity index (χ4v) is 2.73. The second-order valence-electron chi connectivity index (χ2n) is 8.23. The maximum Gasteiger partial charge on any atom is 0.0781 e. The van der Waals surface area contributed by atoms with Gasteiger partial charge in [-0.25, -0.2) is 0 Å². The second-order valence-corrected chi connectivity index (χ2v) is 8.23. The minimum atomic E-state index is 0.0395. The SMILES string of the molecule is CC.CCCCC(CC)(COCC(C)OCC(C)N)COCC(C)OCC(C)N. The number of hydrogen-bond donors (Lipinski definition) is 2. The lowest BCUT2D eigenvalue weighted by atomic mass is 9.81. The highest BCUT2D eigenvalue weighted by molar-refractivity contribution is 4.78. The van der Waals surface area contributed by atoms with Crippen LogP contribution >= 0.6 is 0 Å². The lowest BCUT2D eigenvalue weighted by Crippen LogP contribution is -2.35. The second kappa shape index (κ2) is 19.7. The Hall–Kier alpha value is -0.240. The predicted octanol–water partition coefficient (Wildman–Crippen LogP) is 4.14. The topological polar surface area (TPSA) is 89.0 Å². The van der Waals surface area contributed by atoms with Crippen LogP contribution in [0.5, 0.6) is 0 Å². The summed E-state index contributed by atoms with van der Waals surface area (Å²) in [5, 5.41) is 0. The molecule has 0 aromatic carbocycles. The van der Waals surface area contributed by atoms with Gasteiger partial charge in [-0.2, -0.15) is 0 Å². The van der Waals surface area contributed by atoms with Crippen LogP contribution in [-0.4, -0.2) is 63.9 Å². The molecule has 0 amide bonds. The zero-order valence-corrected chi connectivity index (χ0v) is 20.7. The predicted molar refractivity (Wildman–Crippen MR) is 123 cm³/mol. The molecule has 0 spiro atoms. The van der Waals surface area contributed by atoms with Gasteiger partial charge in [0, 0.05) is 17.5 Å². The zero-order valence-electron chi connectivity index (χ0n) is 20.7. The summed E-state index contributed by atoms with van der Waals surface area (Å²) in [4.78, 5) is 0. The van der Waals surface area contributed by atoms with Gasteiger partial charge in [0.2, 0.25) is 0 Å². The van der Waals surface area contributed by atoms with Crippen molar-refractivity contribution in [1.82, 2.24) is 0 Å². The molecule has 0 aliphatic rings. The Bertz CT molecular complexity index is 317. The molecule has 6 heteroatoms.